The van der Waals surface area contributed by atoms with E-state index in [1.165, 1.54) is 5.56 Å². The van der Waals surface area contributed by atoms with Crippen LogP contribution >= 0.6 is 0 Å². The van der Waals surface area contributed by atoms with E-state index in [2.05, 4.69) is 63.7 Å². The number of nitrogens with one attached hydrogen (secondary N) is 2. The van der Waals surface area contributed by atoms with Crippen molar-refractivity contribution in [2.45, 2.75) is 32.7 Å². The van der Waals surface area contributed by atoms with Gasteiger partial charge in [0.25, 0.3) is 0 Å². The lowest BCUT2D eigenvalue weighted by Crippen LogP contribution is -2.10. The van der Waals surface area contributed by atoms with Gasteiger partial charge in [-0.1, -0.05) is 32.9 Å². The topological polar surface area (TPSA) is 75.6 Å². The first-order valence-corrected chi connectivity index (χ1v) is 8.21. The molecule has 0 spiro atoms. The Morgan fingerprint density at radius 1 is 0.960 bits per heavy atom. The molecule has 128 valence electrons. The molecule has 0 aliphatic carbocycles. The van der Waals surface area contributed by atoms with Crippen LogP contribution in [0.25, 0.3) is 0 Å². The van der Waals surface area contributed by atoms with Gasteiger partial charge in [-0.25, -0.2) is 0 Å². The molecule has 2 N–H and O–H groups in total. The highest BCUT2D eigenvalue weighted by atomic mass is 15.3. The van der Waals surface area contributed by atoms with Crippen LogP contribution in [-0.4, -0.2) is 20.2 Å². The summed E-state index contributed by atoms with van der Waals surface area (Å²) in [6.07, 6.45) is 5.14. The van der Waals surface area contributed by atoms with Crippen molar-refractivity contribution in [3.05, 3.63) is 66.1 Å². The first kappa shape index (κ1) is 16.8. The summed E-state index contributed by atoms with van der Waals surface area (Å²) in [5, 5.41) is 14.5. The molecule has 6 nitrogen and oxygen atoms in total. The van der Waals surface area contributed by atoms with Gasteiger partial charge < -0.3 is 10.6 Å². The van der Waals surface area contributed by atoms with Crippen LogP contribution in [0.2, 0.25) is 0 Å². The van der Waals surface area contributed by atoms with Crippen LogP contribution in [0.1, 0.15) is 31.9 Å². The third-order valence-electron chi connectivity index (χ3n) is 3.79. The van der Waals surface area contributed by atoms with E-state index in [-0.39, 0.29) is 5.41 Å². The van der Waals surface area contributed by atoms with Crippen molar-refractivity contribution in [2.24, 2.45) is 0 Å². The van der Waals surface area contributed by atoms with Gasteiger partial charge in [0.1, 0.15) is 0 Å². The molecule has 0 bridgehead atoms. The van der Waals surface area contributed by atoms with Crippen LogP contribution < -0.4 is 10.6 Å². The van der Waals surface area contributed by atoms with Crippen LogP contribution in [0, 0.1) is 0 Å². The van der Waals surface area contributed by atoms with Crippen molar-refractivity contribution in [3.63, 3.8) is 0 Å². The van der Waals surface area contributed by atoms with E-state index in [0.29, 0.717) is 18.3 Å². The highest BCUT2D eigenvalue weighted by Crippen LogP contribution is 2.24. The second kappa shape index (κ2) is 7.25. The van der Waals surface area contributed by atoms with Crippen molar-refractivity contribution in [1.82, 2.24) is 20.2 Å². The van der Waals surface area contributed by atoms with E-state index in [1.807, 2.05) is 24.3 Å². The monoisotopic (exact) mass is 334 g/mol. The third-order valence-corrected chi connectivity index (χ3v) is 3.79. The largest absolute Gasteiger partial charge is 0.365 e. The average molecular weight is 334 g/mol. The second-order valence-electron chi connectivity index (χ2n) is 6.83. The molecule has 2 heterocycles. The van der Waals surface area contributed by atoms with Gasteiger partial charge in [0.15, 0.2) is 5.82 Å². The maximum atomic E-state index is 4.44. The Morgan fingerprint density at radius 2 is 1.68 bits per heavy atom. The maximum absolute atomic E-state index is 4.44. The molecule has 25 heavy (non-hydrogen) atoms. The fourth-order valence-corrected chi connectivity index (χ4v) is 2.32. The van der Waals surface area contributed by atoms with Crippen molar-refractivity contribution in [2.75, 3.05) is 10.6 Å². The van der Waals surface area contributed by atoms with E-state index in [1.54, 1.807) is 18.6 Å². The van der Waals surface area contributed by atoms with Gasteiger partial charge in [-0.05, 0) is 40.8 Å². The molecule has 0 saturated heterocycles. The molecule has 3 aromatic rings. The van der Waals surface area contributed by atoms with Crippen LogP contribution in [0.5, 0.6) is 0 Å². The molecule has 0 aliphatic heterocycles. The first-order chi connectivity index (χ1) is 12.0. The SMILES string of the molecule is CC(C)(C)c1ccc(Nc2nncc(NCc3ccncc3)n2)cc1. The van der Waals surface area contributed by atoms with Crippen LogP contribution in [-0.2, 0) is 12.0 Å². The van der Waals surface area contributed by atoms with Gasteiger partial charge in [-0.2, -0.15) is 10.1 Å². The van der Waals surface area contributed by atoms with Crippen molar-refractivity contribution in [3.8, 4) is 0 Å². The Bertz CT molecular complexity index is 809. The Morgan fingerprint density at radius 3 is 2.36 bits per heavy atom. The summed E-state index contributed by atoms with van der Waals surface area (Å²) in [4.78, 5) is 8.45. The van der Waals surface area contributed by atoms with Gasteiger partial charge in [0.05, 0.1) is 6.20 Å². The molecule has 0 saturated carbocycles. The van der Waals surface area contributed by atoms with E-state index >= 15 is 0 Å². The smallest absolute Gasteiger partial charge is 0.249 e. The number of hydrogen-bond acceptors (Lipinski definition) is 6. The van der Waals surface area contributed by atoms with Crippen molar-refractivity contribution < 1.29 is 0 Å². The molecule has 2 aromatic heterocycles. The molecular formula is C19H22N6. The zero-order valence-electron chi connectivity index (χ0n) is 14.7. The summed E-state index contributed by atoms with van der Waals surface area (Å²) in [7, 11) is 0. The molecule has 0 amide bonds. The number of benzene rings is 1. The maximum Gasteiger partial charge on any atom is 0.249 e. The quantitative estimate of drug-likeness (QED) is 0.736. The fraction of sp³-hybridized carbons (Fsp3) is 0.263. The average Bonchev–Trinajstić information content (AvgIpc) is 2.61. The van der Waals surface area contributed by atoms with E-state index in [0.717, 1.165) is 11.3 Å². The highest BCUT2D eigenvalue weighted by Gasteiger charge is 2.13. The fourth-order valence-electron chi connectivity index (χ4n) is 2.32. The van der Waals surface area contributed by atoms with Crippen LogP contribution in [0.3, 0.4) is 0 Å². The highest BCUT2D eigenvalue weighted by molar-refractivity contribution is 5.55. The van der Waals surface area contributed by atoms with Gasteiger partial charge in [0.2, 0.25) is 5.95 Å². The normalized spacial score (nSPS) is 11.2. The number of aromatic nitrogens is 4. The number of pyridine rings is 1. The predicted molar refractivity (Wildman–Crippen MR) is 99.8 cm³/mol. The van der Waals surface area contributed by atoms with Crippen molar-refractivity contribution in [1.29, 1.82) is 0 Å². The standard InChI is InChI=1S/C19H22N6/c1-19(2,3)15-4-6-16(7-5-15)23-18-24-17(13-22-25-18)21-12-14-8-10-20-11-9-14/h4-11,13H,12H2,1-3H3,(H2,21,23,24,25). The van der Waals surface area contributed by atoms with Gasteiger partial charge in [-0.3, -0.25) is 4.98 Å². The Kier molecular flexibility index (Phi) is 4.88. The Hall–Kier alpha value is -3.02. The van der Waals surface area contributed by atoms with Crippen LogP contribution in [0.4, 0.5) is 17.5 Å². The summed E-state index contributed by atoms with van der Waals surface area (Å²) in [6, 6.07) is 12.2. The lowest BCUT2D eigenvalue weighted by atomic mass is 9.87. The van der Waals surface area contributed by atoms with Crippen LogP contribution in [0.15, 0.2) is 55.0 Å². The van der Waals surface area contributed by atoms with Crippen molar-refractivity contribution >= 4 is 17.5 Å². The van der Waals surface area contributed by atoms with Gasteiger partial charge >= 0.3 is 0 Å². The second-order valence-corrected chi connectivity index (χ2v) is 6.83. The Balaban J connectivity index is 1.65. The molecule has 0 atom stereocenters. The summed E-state index contributed by atoms with van der Waals surface area (Å²) in [5.74, 6) is 1.13. The summed E-state index contributed by atoms with van der Waals surface area (Å²) in [6.45, 7) is 7.24. The molecule has 0 fully saturated rings. The zero-order valence-corrected chi connectivity index (χ0v) is 14.7. The molecule has 0 aliphatic rings. The Labute approximate surface area is 147 Å². The molecule has 0 radical (unpaired) electrons. The lowest BCUT2D eigenvalue weighted by Gasteiger charge is -2.19. The van der Waals surface area contributed by atoms with Gasteiger partial charge in [0, 0.05) is 24.6 Å². The summed E-state index contributed by atoms with van der Waals surface area (Å²) >= 11 is 0. The first-order valence-electron chi connectivity index (χ1n) is 8.21. The zero-order chi connectivity index (χ0) is 17.7. The molecule has 0 unspecified atom stereocenters. The minimum atomic E-state index is 0.132. The third kappa shape index (κ3) is 4.73. The molecule has 1 aromatic carbocycles. The van der Waals surface area contributed by atoms with Gasteiger partial charge in [-0.15, -0.1) is 5.10 Å². The minimum Gasteiger partial charge on any atom is -0.365 e. The number of nitrogens with zero attached hydrogens (tertiary/aromatic N) is 4. The molecule has 6 heteroatoms. The predicted octanol–water partition coefficient (Wildman–Crippen LogP) is 3.92. The number of hydrogen-bond donors (Lipinski definition) is 2. The lowest BCUT2D eigenvalue weighted by molar-refractivity contribution is 0.590. The van der Waals surface area contributed by atoms with E-state index in [4.69, 9.17) is 0 Å². The number of anilines is 3. The number of rotatable bonds is 5. The molecular weight excluding hydrogens is 312 g/mol. The van der Waals surface area contributed by atoms with E-state index < -0.39 is 0 Å². The summed E-state index contributed by atoms with van der Waals surface area (Å²) in [5.41, 5.74) is 3.47. The summed E-state index contributed by atoms with van der Waals surface area (Å²) < 4.78 is 0. The minimum absolute atomic E-state index is 0.132. The van der Waals surface area contributed by atoms with E-state index in [9.17, 15) is 0 Å². The molecule has 3 rings (SSSR count).